The zero-order chi connectivity index (χ0) is 16.0. The van der Waals surface area contributed by atoms with Gasteiger partial charge >= 0.3 is 0 Å². The van der Waals surface area contributed by atoms with E-state index in [1.807, 2.05) is 23.5 Å². The number of methoxy groups -OCH3 is 1. The number of fused-ring (bicyclic) bond motifs is 3. The fourth-order valence-electron chi connectivity index (χ4n) is 3.45. The molecule has 3 aromatic rings. The third kappa shape index (κ3) is 2.35. The minimum Gasteiger partial charge on any atom is -0.497 e. The minimum atomic E-state index is 0.501. The molecule has 0 fully saturated rings. The van der Waals surface area contributed by atoms with E-state index in [-0.39, 0.29) is 0 Å². The van der Waals surface area contributed by atoms with E-state index in [4.69, 9.17) is 15.5 Å². The van der Waals surface area contributed by atoms with Crippen molar-refractivity contribution in [2.45, 2.75) is 32.7 Å². The highest BCUT2D eigenvalue weighted by Gasteiger charge is 2.24. The van der Waals surface area contributed by atoms with Crippen LogP contribution in [-0.2, 0) is 19.4 Å². The normalized spacial score (nSPS) is 17.4. The molecule has 0 saturated carbocycles. The summed E-state index contributed by atoms with van der Waals surface area (Å²) in [6.45, 7) is 2.83. The zero-order valence-corrected chi connectivity index (χ0v) is 14.3. The van der Waals surface area contributed by atoms with Crippen LogP contribution in [0.4, 0.5) is 0 Å². The van der Waals surface area contributed by atoms with E-state index in [1.165, 1.54) is 23.4 Å². The molecule has 1 unspecified atom stereocenters. The summed E-state index contributed by atoms with van der Waals surface area (Å²) in [4.78, 5) is 7.47. The van der Waals surface area contributed by atoms with Crippen molar-refractivity contribution in [3.05, 3.63) is 40.5 Å². The van der Waals surface area contributed by atoms with E-state index in [0.29, 0.717) is 6.54 Å². The number of hydrogen-bond acceptors (Lipinski definition) is 4. The Balaban J connectivity index is 1.86. The summed E-state index contributed by atoms with van der Waals surface area (Å²) in [5, 5.41) is 0. The summed E-state index contributed by atoms with van der Waals surface area (Å²) in [5.74, 6) is 1.63. The van der Waals surface area contributed by atoms with Crippen LogP contribution >= 0.6 is 11.3 Å². The van der Waals surface area contributed by atoms with E-state index < -0.39 is 0 Å². The second-order valence-corrected chi connectivity index (χ2v) is 7.34. The lowest BCUT2D eigenvalue weighted by atomic mass is 9.93. The Hall–Kier alpha value is -1.85. The first-order valence-corrected chi connectivity index (χ1v) is 8.89. The number of aromatic nitrogens is 2. The first-order valence-electron chi connectivity index (χ1n) is 8.07. The largest absolute Gasteiger partial charge is 0.497 e. The third-order valence-electron chi connectivity index (χ3n) is 4.71. The summed E-state index contributed by atoms with van der Waals surface area (Å²) in [5.41, 5.74) is 10.7. The molecule has 1 aliphatic carbocycles. The number of nitrogens with two attached hydrogens (primary N) is 1. The van der Waals surface area contributed by atoms with Gasteiger partial charge in [-0.15, -0.1) is 11.3 Å². The summed E-state index contributed by atoms with van der Waals surface area (Å²) >= 11 is 1.83. The van der Waals surface area contributed by atoms with Gasteiger partial charge in [-0.05, 0) is 49.4 Å². The SMILES string of the molecule is COc1ccc(-c2nc3sc4c(n3c2CN)CCC(C)C4)cc1. The van der Waals surface area contributed by atoms with Gasteiger partial charge in [-0.25, -0.2) is 4.98 Å². The molecular weight excluding hydrogens is 306 g/mol. The van der Waals surface area contributed by atoms with Crippen LogP contribution < -0.4 is 10.5 Å². The molecule has 0 amide bonds. The van der Waals surface area contributed by atoms with Crippen molar-refractivity contribution < 1.29 is 4.74 Å². The number of hydrogen-bond donors (Lipinski definition) is 1. The van der Waals surface area contributed by atoms with Gasteiger partial charge in [0.1, 0.15) is 5.75 Å². The number of ether oxygens (including phenoxy) is 1. The maximum atomic E-state index is 6.09. The van der Waals surface area contributed by atoms with Crippen LogP contribution in [0.15, 0.2) is 24.3 Å². The molecular formula is C18H21N3OS. The quantitative estimate of drug-likeness (QED) is 0.799. The number of imidazole rings is 1. The van der Waals surface area contributed by atoms with Gasteiger partial charge in [-0.1, -0.05) is 6.92 Å². The second kappa shape index (κ2) is 5.65. The molecule has 0 bridgehead atoms. The van der Waals surface area contributed by atoms with Crippen LogP contribution in [0.5, 0.6) is 5.75 Å². The van der Waals surface area contributed by atoms with Crippen LogP contribution in [0.2, 0.25) is 0 Å². The topological polar surface area (TPSA) is 52.5 Å². The lowest BCUT2D eigenvalue weighted by Gasteiger charge is -2.18. The lowest BCUT2D eigenvalue weighted by molar-refractivity contribution is 0.415. The summed E-state index contributed by atoms with van der Waals surface area (Å²) in [6, 6.07) is 8.05. The van der Waals surface area contributed by atoms with E-state index in [9.17, 15) is 0 Å². The molecule has 2 N–H and O–H groups in total. The van der Waals surface area contributed by atoms with E-state index >= 15 is 0 Å². The van der Waals surface area contributed by atoms with Gasteiger partial charge in [-0.3, -0.25) is 4.40 Å². The Labute approximate surface area is 139 Å². The fraction of sp³-hybridized carbons (Fsp3) is 0.389. The molecule has 120 valence electrons. The smallest absolute Gasteiger partial charge is 0.194 e. The van der Waals surface area contributed by atoms with Gasteiger partial charge in [0.2, 0.25) is 0 Å². The number of thiazole rings is 1. The van der Waals surface area contributed by atoms with Crippen molar-refractivity contribution in [1.29, 1.82) is 0 Å². The van der Waals surface area contributed by atoms with Gasteiger partial charge in [0.15, 0.2) is 4.96 Å². The van der Waals surface area contributed by atoms with Crippen LogP contribution in [0.3, 0.4) is 0 Å². The van der Waals surface area contributed by atoms with Gasteiger partial charge < -0.3 is 10.5 Å². The molecule has 5 heteroatoms. The number of rotatable bonds is 3. The highest BCUT2D eigenvalue weighted by Crippen LogP contribution is 2.36. The van der Waals surface area contributed by atoms with Crippen molar-refractivity contribution >= 4 is 16.3 Å². The maximum Gasteiger partial charge on any atom is 0.194 e. The predicted octanol–water partition coefficient (Wildman–Crippen LogP) is 3.65. The van der Waals surface area contributed by atoms with Crippen molar-refractivity contribution in [1.82, 2.24) is 9.38 Å². The molecule has 0 spiro atoms. The standard InChI is InChI=1S/C18H21N3OS/c1-11-3-8-14-16(9-11)23-18-20-17(15(10-19)21(14)18)12-4-6-13(22-2)7-5-12/h4-7,11H,3,8-10,19H2,1-2H3. The first-order chi connectivity index (χ1) is 11.2. The highest BCUT2D eigenvalue weighted by atomic mass is 32.1. The molecule has 2 heterocycles. The van der Waals surface area contributed by atoms with Crippen molar-refractivity contribution in [2.24, 2.45) is 11.7 Å². The van der Waals surface area contributed by atoms with Crippen molar-refractivity contribution in [3.8, 4) is 17.0 Å². The summed E-state index contributed by atoms with van der Waals surface area (Å²) < 4.78 is 7.55. The van der Waals surface area contributed by atoms with Gasteiger partial charge in [-0.2, -0.15) is 0 Å². The summed E-state index contributed by atoms with van der Waals surface area (Å²) in [7, 11) is 1.68. The molecule has 2 aromatic heterocycles. The average molecular weight is 327 g/mol. The Morgan fingerprint density at radius 1 is 1.35 bits per heavy atom. The van der Waals surface area contributed by atoms with E-state index in [2.05, 4.69) is 23.5 Å². The molecule has 23 heavy (non-hydrogen) atoms. The zero-order valence-electron chi connectivity index (χ0n) is 13.5. The fourth-order valence-corrected chi connectivity index (χ4v) is 4.80. The average Bonchev–Trinajstić information content (AvgIpc) is 3.09. The Kier molecular flexibility index (Phi) is 3.62. The lowest BCUT2D eigenvalue weighted by Crippen LogP contribution is -2.13. The van der Waals surface area contributed by atoms with Crippen LogP contribution in [0.25, 0.3) is 16.2 Å². The van der Waals surface area contributed by atoms with Gasteiger partial charge in [0, 0.05) is 22.7 Å². The van der Waals surface area contributed by atoms with Gasteiger partial charge in [0.05, 0.1) is 18.5 Å². The molecule has 1 atom stereocenters. The molecule has 1 aromatic carbocycles. The first kappa shape index (κ1) is 14.7. The van der Waals surface area contributed by atoms with Gasteiger partial charge in [0.25, 0.3) is 0 Å². The molecule has 0 aliphatic heterocycles. The van der Waals surface area contributed by atoms with Crippen LogP contribution in [0.1, 0.15) is 29.6 Å². The number of aryl methyl sites for hydroxylation is 1. The molecule has 4 nitrogen and oxygen atoms in total. The monoisotopic (exact) mass is 327 g/mol. The Morgan fingerprint density at radius 3 is 2.83 bits per heavy atom. The maximum absolute atomic E-state index is 6.09. The third-order valence-corrected chi connectivity index (χ3v) is 5.82. The van der Waals surface area contributed by atoms with E-state index in [0.717, 1.165) is 40.0 Å². The highest BCUT2D eigenvalue weighted by molar-refractivity contribution is 7.17. The molecule has 0 saturated heterocycles. The van der Waals surface area contributed by atoms with Crippen molar-refractivity contribution in [3.63, 3.8) is 0 Å². The van der Waals surface area contributed by atoms with Crippen LogP contribution in [-0.4, -0.2) is 16.5 Å². The number of nitrogens with zero attached hydrogens (tertiary/aromatic N) is 2. The Bertz CT molecular complexity index is 847. The minimum absolute atomic E-state index is 0.501. The van der Waals surface area contributed by atoms with E-state index in [1.54, 1.807) is 7.11 Å². The van der Waals surface area contributed by atoms with Crippen LogP contribution in [0, 0.1) is 5.92 Å². The molecule has 0 radical (unpaired) electrons. The summed E-state index contributed by atoms with van der Waals surface area (Å²) in [6.07, 6.45) is 3.55. The number of benzene rings is 1. The predicted molar refractivity (Wildman–Crippen MR) is 94.1 cm³/mol. The molecule has 1 aliphatic rings. The molecule has 4 rings (SSSR count). The Morgan fingerprint density at radius 2 is 2.13 bits per heavy atom. The second-order valence-electron chi connectivity index (χ2n) is 6.28. The van der Waals surface area contributed by atoms with Crippen molar-refractivity contribution in [2.75, 3.05) is 7.11 Å².